The Morgan fingerprint density at radius 1 is 1.86 bits per heavy atom. The topological polar surface area (TPSA) is 17.1 Å². The molecule has 0 fully saturated rings. The molecule has 0 rings (SSSR count). The average Bonchev–Trinajstić information content (AvgIpc) is 1.35. The first-order chi connectivity index (χ1) is 2.77. The third-order valence-electron chi connectivity index (χ3n) is 0.421. The zero-order valence-corrected chi connectivity index (χ0v) is 5.81. The van der Waals surface area contributed by atoms with Crippen LogP contribution in [0.25, 0.3) is 0 Å². The van der Waals surface area contributed by atoms with Crippen LogP contribution in [0.15, 0.2) is 0 Å². The molecule has 0 aromatic rings. The molecule has 0 bridgehead atoms. The molecule has 0 aromatic carbocycles. The number of hydrogen-bond donors (Lipinski definition) is 0. The summed E-state index contributed by atoms with van der Waals surface area (Å²) >= 11 is 2.21. The molecule has 0 amide bonds. The van der Waals surface area contributed by atoms with Gasteiger partial charge in [0.1, 0.15) is 6.29 Å². The van der Waals surface area contributed by atoms with Crippen LogP contribution in [0.5, 0.6) is 0 Å². The molecule has 1 atom stereocenters. The van der Waals surface area contributed by atoms with E-state index < -0.39 is 0 Å². The molecule has 0 saturated heterocycles. The molecule has 0 spiro atoms. The molecule has 1 nitrogen and oxygen atoms in total. The van der Waals surface area contributed by atoms with E-state index in [4.69, 9.17) is 0 Å². The van der Waals surface area contributed by atoms with Gasteiger partial charge in [-0.15, -0.1) is 0 Å². The molecular weight excluding hydrogens is 198 g/mol. The zero-order chi connectivity index (χ0) is 4.99. The molecule has 0 aliphatic carbocycles. The summed E-state index contributed by atoms with van der Waals surface area (Å²) in [4.78, 5) is 9.61. The zero-order valence-electron chi connectivity index (χ0n) is 3.65. The Labute approximate surface area is 69.6 Å². The van der Waals surface area contributed by atoms with Gasteiger partial charge in [-0.1, -0.05) is 29.5 Å². The summed E-state index contributed by atoms with van der Waals surface area (Å²) in [5.41, 5.74) is 0. The Kier molecular flexibility index (Phi) is 10.9. The molecular formula is C4H8ILiO. The van der Waals surface area contributed by atoms with Gasteiger partial charge < -0.3 is 4.79 Å². The summed E-state index contributed by atoms with van der Waals surface area (Å²) in [6, 6.07) is 0. The normalized spacial score (nSPS) is 11.7. The molecule has 7 heavy (non-hydrogen) atoms. The van der Waals surface area contributed by atoms with Gasteiger partial charge in [0.15, 0.2) is 0 Å². The Bertz CT molecular complexity index is 47.0. The first-order valence-corrected chi connectivity index (χ1v) is 3.09. The second kappa shape index (κ2) is 7.00. The van der Waals surface area contributed by atoms with Crippen LogP contribution in [-0.2, 0) is 4.79 Å². The summed E-state index contributed by atoms with van der Waals surface area (Å²) in [6.45, 7) is 2.01. The van der Waals surface area contributed by atoms with E-state index in [1.54, 1.807) is 0 Å². The van der Waals surface area contributed by atoms with Crippen molar-refractivity contribution in [2.24, 2.45) is 0 Å². The van der Waals surface area contributed by atoms with E-state index in [9.17, 15) is 4.79 Å². The molecule has 0 radical (unpaired) electrons. The SMILES string of the molecule is CC(I)CC=O.[LiH]. The van der Waals surface area contributed by atoms with Gasteiger partial charge in [-0.2, -0.15) is 0 Å². The fraction of sp³-hybridized carbons (Fsp3) is 0.750. The van der Waals surface area contributed by atoms with Crippen LogP contribution in [0.4, 0.5) is 0 Å². The fourth-order valence-electron chi connectivity index (χ4n) is 0.133. The minimum atomic E-state index is 0. The quantitative estimate of drug-likeness (QED) is 0.282. The summed E-state index contributed by atoms with van der Waals surface area (Å²) < 4.78 is 0.500. The number of halogens is 1. The van der Waals surface area contributed by atoms with E-state index >= 15 is 0 Å². The number of aldehydes is 1. The third-order valence-corrected chi connectivity index (χ3v) is 0.930. The van der Waals surface area contributed by atoms with Gasteiger partial charge in [-0.3, -0.25) is 0 Å². The van der Waals surface area contributed by atoms with E-state index in [-0.39, 0.29) is 18.9 Å². The number of alkyl halides is 1. The average molecular weight is 206 g/mol. The maximum absolute atomic E-state index is 9.61. The molecule has 3 heteroatoms. The fourth-order valence-corrected chi connectivity index (χ4v) is 0.340. The summed E-state index contributed by atoms with van der Waals surface area (Å²) in [7, 11) is 0. The maximum atomic E-state index is 9.61. The van der Waals surface area contributed by atoms with Crippen LogP contribution in [0, 0.1) is 0 Å². The molecule has 0 aromatic heterocycles. The van der Waals surface area contributed by atoms with Gasteiger partial charge in [0.05, 0.1) is 0 Å². The van der Waals surface area contributed by atoms with Gasteiger partial charge >= 0.3 is 18.9 Å². The molecule has 1 unspecified atom stereocenters. The van der Waals surface area contributed by atoms with Crippen LogP contribution in [0.1, 0.15) is 13.3 Å². The van der Waals surface area contributed by atoms with Crippen LogP contribution < -0.4 is 0 Å². The van der Waals surface area contributed by atoms with E-state index in [0.29, 0.717) is 10.3 Å². The van der Waals surface area contributed by atoms with Crippen molar-refractivity contribution in [2.45, 2.75) is 17.3 Å². The minimum absolute atomic E-state index is 0. The second-order valence-electron chi connectivity index (χ2n) is 1.18. The molecule has 38 valence electrons. The number of carbonyl (C=O) groups is 1. The first kappa shape index (κ1) is 10.9. The first-order valence-electron chi connectivity index (χ1n) is 1.85. The summed E-state index contributed by atoms with van der Waals surface area (Å²) in [5.74, 6) is 0. The van der Waals surface area contributed by atoms with Crippen LogP contribution in [0.3, 0.4) is 0 Å². The van der Waals surface area contributed by atoms with Crippen molar-refractivity contribution in [2.75, 3.05) is 0 Å². The Balaban J connectivity index is 0. The Hall–Kier alpha value is 0.997. The monoisotopic (exact) mass is 206 g/mol. The molecule has 0 heterocycles. The number of carbonyl (C=O) groups excluding carboxylic acids is 1. The van der Waals surface area contributed by atoms with Crippen LogP contribution in [-0.4, -0.2) is 29.1 Å². The Morgan fingerprint density at radius 3 is 2.29 bits per heavy atom. The van der Waals surface area contributed by atoms with Crippen LogP contribution in [0.2, 0.25) is 0 Å². The second-order valence-corrected chi connectivity index (χ2v) is 3.31. The van der Waals surface area contributed by atoms with Crippen molar-refractivity contribution >= 4 is 47.7 Å². The van der Waals surface area contributed by atoms with Crippen LogP contribution >= 0.6 is 22.6 Å². The molecule has 0 saturated carbocycles. The van der Waals surface area contributed by atoms with Crippen molar-refractivity contribution in [1.82, 2.24) is 0 Å². The molecule has 0 aliphatic rings. The van der Waals surface area contributed by atoms with E-state index in [2.05, 4.69) is 22.6 Å². The third kappa shape index (κ3) is 10.9. The summed E-state index contributed by atoms with van der Waals surface area (Å²) in [5, 5.41) is 0. The van der Waals surface area contributed by atoms with Crippen molar-refractivity contribution in [3.63, 3.8) is 0 Å². The van der Waals surface area contributed by atoms with Crippen molar-refractivity contribution in [3.8, 4) is 0 Å². The van der Waals surface area contributed by atoms with Crippen molar-refractivity contribution in [1.29, 1.82) is 0 Å². The van der Waals surface area contributed by atoms with Crippen molar-refractivity contribution < 1.29 is 4.79 Å². The molecule has 0 aliphatic heterocycles. The number of hydrogen-bond acceptors (Lipinski definition) is 1. The van der Waals surface area contributed by atoms with E-state index in [0.717, 1.165) is 6.29 Å². The molecule has 0 N–H and O–H groups in total. The number of rotatable bonds is 2. The van der Waals surface area contributed by atoms with Gasteiger partial charge in [0.2, 0.25) is 0 Å². The van der Waals surface area contributed by atoms with E-state index in [1.807, 2.05) is 6.92 Å². The van der Waals surface area contributed by atoms with E-state index in [1.165, 1.54) is 0 Å². The predicted molar refractivity (Wildman–Crippen MR) is 41.3 cm³/mol. The predicted octanol–water partition coefficient (Wildman–Crippen LogP) is 0.750. The standard InChI is InChI=1S/C4H7IO.Li.H/c1-4(5)2-3-6;;/h3-4H,2H2,1H3;;. The summed E-state index contributed by atoms with van der Waals surface area (Å²) in [6.07, 6.45) is 1.62. The Morgan fingerprint density at radius 2 is 2.29 bits per heavy atom. The van der Waals surface area contributed by atoms with Crippen molar-refractivity contribution in [3.05, 3.63) is 0 Å². The van der Waals surface area contributed by atoms with Gasteiger partial charge in [-0.25, -0.2) is 0 Å². The van der Waals surface area contributed by atoms with Gasteiger partial charge in [-0.05, 0) is 0 Å². The van der Waals surface area contributed by atoms with Gasteiger partial charge in [0.25, 0.3) is 0 Å². The van der Waals surface area contributed by atoms with Gasteiger partial charge in [0, 0.05) is 10.3 Å².